The molecule has 2 aromatic rings. The Kier molecular flexibility index (Phi) is 3.61. The standard InChI is InChI=1S/C14H13N5O3S/c1-18-9-16-17-14(18)23(21,22)12-7-19(8-12)13(20)11-4-2-3-10(5-11)6-15/h2-5,9,12H,7-8H2,1H3. The maximum Gasteiger partial charge on any atom is 0.253 e. The number of carbonyl (C=O) groups is 1. The molecule has 118 valence electrons. The number of sulfone groups is 1. The second kappa shape index (κ2) is 5.48. The van der Waals surface area contributed by atoms with Crippen LogP contribution in [0.25, 0.3) is 0 Å². The largest absolute Gasteiger partial charge is 0.336 e. The molecular formula is C14H13N5O3S. The minimum Gasteiger partial charge on any atom is -0.336 e. The van der Waals surface area contributed by atoms with Gasteiger partial charge in [-0.15, -0.1) is 10.2 Å². The lowest BCUT2D eigenvalue weighted by molar-refractivity contribution is 0.0658. The van der Waals surface area contributed by atoms with Crippen LogP contribution in [0.5, 0.6) is 0 Å². The Bertz CT molecular complexity index is 906. The van der Waals surface area contributed by atoms with Crippen LogP contribution in [0.4, 0.5) is 0 Å². The summed E-state index contributed by atoms with van der Waals surface area (Å²) in [6.07, 6.45) is 1.32. The predicted octanol–water partition coefficient (Wildman–Crippen LogP) is -0.0149. The Morgan fingerprint density at radius 2 is 2.13 bits per heavy atom. The van der Waals surface area contributed by atoms with Gasteiger partial charge in [0.25, 0.3) is 5.91 Å². The molecule has 1 aliphatic rings. The SMILES string of the molecule is Cn1cnnc1S(=O)(=O)C1CN(C(=O)c2cccc(C#N)c2)C1. The molecule has 1 saturated heterocycles. The summed E-state index contributed by atoms with van der Waals surface area (Å²) in [6.45, 7) is 0.204. The molecule has 1 aliphatic heterocycles. The lowest BCUT2D eigenvalue weighted by Gasteiger charge is -2.38. The van der Waals surface area contributed by atoms with E-state index in [-0.39, 0.29) is 24.2 Å². The third-order valence-corrected chi connectivity index (χ3v) is 5.79. The zero-order chi connectivity index (χ0) is 16.6. The molecule has 9 heteroatoms. The number of hydrogen-bond donors (Lipinski definition) is 0. The van der Waals surface area contributed by atoms with Gasteiger partial charge >= 0.3 is 0 Å². The number of likely N-dealkylation sites (tertiary alicyclic amines) is 1. The molecule has 1 amide bonds. The minimum absolute atomic E-state index is 0.0962. The summed E-state index contributed by atoms with van der Waals surface area (Å²) in [4.78, 5) is 13.7. The van der Waals surface area contributed by atoms with E-state index in [9.17, 15) is 13.2 Å². The number of aromatic nitrogens is 3. The smallest absolute Gasteiger partial charge is 0.253 e. The van der Waals surface area contributed by atoms with E-state index in [2.05, 4.69) is 10.2 Å². The van der Waals surface area contributed by atoms with Gasteiger partial charge < -0.3 is 9.47 Å². The fraction of sp³-hybridized carbons (Fsp3) is 0.286. The van der Waals surface area contributed by atoms with Gasteiger partial charge in [0, 0.05) is 25.7 Å². The first-order chi connectivity index (χ1) is 10.9. The molecule has 2 heterocycles. The molecule has 3 rings (SSSR count). The van der Waals surface area contributed by atoms with Gasteiger partial charge in [-0.25, -0.2) is 8.42 Å². The third kappa shape index (κ3) is 2.57. The number of aryl methyl sites for hydroxylation is 1. The molecule has 8 nitrogen and oxygen atoms in total. The maximum atomic E-state index is 12.4. The highest BCUT2D eigenvalue weighted by Crippen LogP contribution is 2.23. The van der Waals surface area contributed by atoms with Gasteiger partial charge in [0.15, 0.2) is 0 Å². The second-order valence-corrected chi connectivity index (χ2v) is 7.42. The molecule has 0 saturated carbocycles. The third-order valence-electron chi connectivity index (χ3n) is 3.74. The van der Waals surface area contributed by atoms with Crippen molar-refractivity contribution >= 4 is 15.7 Å². The average Bonchev–Trinajstić information content (AvgIpc) is 2.92. The normalized spacial score (nSPS) is 15.0. The highest BCUT2D eigenvalue weighted by Gasteiger charge is 2.42. The molecule has 0 bridgehead atoms. The molecule has 0 spiro atoms. The van der Waals surface area contributed by atoms with E-state index in [0.717, 1.165) is 0 Å². The van der Waals surface area contributed by atoms with Crippen molar-refractivity contribution in [3.63, 3.8) is 0 Å². The maximum absolute atomic E-state index is 12.4. The number of benzene rings is 1. The number of nitriles is 1. The number of carbonyl (C=O) groups excluding carboxylic acids is 1. The van der Waals surface area contributed by atoms with Crippen molar-refractivity contribution in [1.29, 1.82) is 5.26 Å². The van der Waals surface area contributed by atoms with E-state index in [1.807, 2.05) is 6.07 Å². The zero-order valence-corrected chi connectivity index (χ0v) is 13.1. The van der Waals surface area contributed by atoms with Crippen LogP contribution in [0.1, 0.15) is 15.9 Å². The van der Waals surface area contributed by atoms with E-state index in [0.29, 0.717) is 11.1 Å². The molecule has 1 aromatic heterocycles. The van der Waals surface area contributed by atoms with Crippen LogP contribution < -0.4 is 0 Å². The van der Waals surface area contributed by atoms with Crippen LogP contribution in [0.2, 0.25) is 0 Å². The van der Waals surface area contributed by atoms with Gasteiger partial charge in [0.1, 0.15) is 11.6 Å². The Labute approximate surface area is 132 Å². The van der Waals surface area contributed by atoms with E-state index in [1.54, 1.807) is 25.2 Å². The van der Waals surface area contributed by atoms with Gasteiger partial charge in [0.2, 0.25) is 15.0 Å². The Morgan fingerprint density at radius 3 is 2.74 bits per heavy atom. The summed E-state index contributed by atoms with van der Waals surface area (Å²) in [5.41, 5.74) is 0.762. The van der Waals surface area contributed by atoms with Crippen molar-refractivity contribution in [3.05, 3.63) is 41.7 Å². The van der Waals surface area contributed by atoms with Crippen LogP contribution in [-0.4, -0.2) is 52.3 Å². The van der Waals surface area contributed by atoms with Crippen molar-refractivity contribution in [1.82, 2.24) is 19.7 Å². The minimum atomic E-state index is -3.61. The lowest BCUT2D eigenvalue weighted by atomic mass is 10.1. The molecule has 23 heavy (non-hydrogen) atoms. The van der Waals surface area contributed by atoms with Crippen LogP contribution in [-0.2, 0) is 16.9 Å². The topological polar surface area (TPSA) is 109 Å². The van der Waals surface area contributed by atoms with E-state index in [1.165, 1.54) is 21.9 Å². The summed E-state index contributed by atoms with van der Waals surface area (Å²) in [6, 6.07) is 8.30. The van der Waals surface area contributed by atoms with E-state index in [4.69, 9.17) is 5.26 Å². The first-order valence-corrected chi connectivity index (χ1v) is 8.35. The molecule has 0 unspecified atom stereocenters. The molecule has 1 aromatic carbocycles. The van der Waals surface area contributed by atoms with Gasteiger partial charge in [-0.2, -0.15) is 5.26 Å². The first-order valence-electron chi connectivity index (χ1n) is 6.81. The van der Waals surface area contributed by atoms with Gasteiger partial charge in [-0.3, -0.25) is 4.79 Å². The average molecular weight is 331 g/mol. The monoisotopic (exact) mass is 331 g/mol. The fourth-order valence-corrected chi connectivity index (χ4v) is 4.04. The van der Waals surface area contributed by atoms with Crippen molar-refractivity contribution < 1.29 is 13.2 Å². The number of amides is 1. The molecule has 0 atom stereocenters. The van der Waals surface area contributed by atoms with Crippen molar-refractivity contribution in [2.75, 3.05) is 13.1 Å². The predicted molar refractivity (Wildman–Crippen MR) is 79.0 cm³/mol. The fourth-order valence-electron chi connectivity index (χ4n) is 2.38. The second-order valence-electron chi connectivity index (χ2n) is 5.29. The van der Waals surface area contributed by atoms with Gasteiger partial charge in [-0.1, -0.05) is 6.07 Å². The van der Waals surface area contributed by atoms with Crippen LogP contribution in [0, 0.1) is 11.3 Å². The lowest BCUT2D eigenvalue weighted by Crippen LogP contribution is -2.57. The van der Waals surface area contributed by atoms with Crippen molar-refractivity contribution in [2.24, 2.45) is 7.05 Å². The molecule has 1 fully saturated rings. The Morgan fingerprint density at radius 1 is 1.39 bits per heavy atom. The summed E-state index contributed by atoms with van der Waals surface area (Å²) in [7, 11) is -2.05. The molecule has 0 radical (unpaired) electrons. The molecule has 0 N–H and O–H groups in total. The highest BCUT2D eigenvalue weighted by molar-refractivity contribution is 7.92. The van der Waals surface area contributed by atoms with Gasteiger partial charge in [-0.05, 0) is 18.2 Å². The number of rotatable bonds is 3. The molecule has 0 aliphatic carbocycles. The van der Waals surface area contributed by atoms with Gasteiger partial charge in [0.05, 0.1) is 11.6 Å². The van der Waals surface area contributed by atoms with Crippen LogP contribution in [0.15, 0.2) is 35.7 Å². The number of hydrogen-bond acceptors (Lipinski definition) is 6. The summed E-state index contributed by atoms with van der Waals surface area (Å²) in [5, 5.41) is 15.3. The van der Waals surface area contributed by atoms with Crippen LogP contribution in [0.3, 0.4) is 0 Å². The quantitative estimate of drug-likeness (QED) is 0.782. The Balaban J connectivity index is 1.73. The summed E-state index contributed by atoms with van der Waals surface area (Å²) >= 11 is 0. The Hall–Kier alpha value is -2.73. The highest BCUT2D eigenvalue weighted by atomic mass is 32.2. The first kappa shape index (κ1) is 15.2. The van der Waals surface area contributed by atoms with Crippen molar-refractivity contribution in [3.8, 4) is 6.07 Å². The van der Waals surface area contributed by atoms with E-state index < -0.39 is 15.1 Å². The van der Waals surface area contributed by atoms with E-state index >= 15 is 0 Å². The zero-order valence-electron chi connectivity index (χ0n) is 12.2. The van der Waals surface area contributed by atoms with Crippen molar-refractivity contribution in [2.45, 2.75) is 10.4 Å². The summed E-state index contributed by atoms with van der Waals surface area (Å²) in [5.74, 6) is -0.286. The molecular weight excluding hydrogens is 318 g/mol. The van der Waals surface area contributed by atoms with Crippen LogP contribution >= 0.6 is 0 Å². The number of nitrogens with zero attached hydrogens (tertiary/aromatic N) is 5. The summed E-state index contributed by atoms with van der Waals surface area (Å²) < 4.78 is 26.1.